The number of ether oxygens (including phenoxy) is 2. The molecule has 0 aliphatic carbocycles. The van der Waals surface area contributed by atoms with Crippen molar-refractivity contribution in [2.24, 2.45) is 0 Å². The number of carbonyl (C=O) groups excluding carboxylic acids is 2. The molecule has 2 rings (SSSR count). The van der Waals surface area contributed by atoms with Crippen LogP contribution < -0.4 is 19.7 Å². The van der Waals surface area contributed by atoms with Crippen molar-refractivity contribution >= 4 is 17.5 Å². The zero-order valence-corrected chi connectivity index (χ0v) is 15.2. The number of hydrogen-bond acceptors (Lipinski definition) is 4. The average Bonchev–Trinajstić information content (AvgIpc) is 2.66. The van der Waals surface area contributed by atoms with Crippen molar-refractivity contribution in [1.29, 1.82) is 0 Å². The van der Waals surface area contributed by atoms with E-state index in [0.717, 1.165) is 12.1 Å². The molecular weight excluding hydrogens is 358 g/mol. The Hall–Kier alpha value is -3.16. The highest BCUT2D eigenvalue weighted by atomic mass is 19.2. The number of methoxy groups -OCH3 is 2. The third kappa shape index (κ3) is 4.93. The van der Waals surface area contributed by atoms with E-state index in [4.69, 9.17) is 9.47 Å². The molecule has 144 valence electrons. The van der Waals surface area contributed by atoms with Crippen LogP contribution >= 0.6 is 0 Å². The molecule has 0 spiro atoms. The van der Waals surface area contributed by atoms with Crippen LogP contribution in [0.4, 0.5) is 14.5 Å². The van der Waals surface area contributed by atoms with E-state index in [1.54, 1.807) is 18.2 Å². The van der Waals surface area contributed by atoms with E-state index < -0.39 is 17.5 Å². The van der Waals surface area contributed by atoms with Crippen LogP contribution in [0.25, 0.3) is 0 Å². The van der Waals surface area contributed by atoms with Crippen LogP contribution in [-0.2, 0) is 4.79 Å². The first-order valence-corrected chi connectivity index (χ1v) is 8.10. The average molecular weight is 378 g/mol. The van der Waals surface area contributed by atoms with Crippen LogP contribution in [0.15, 0.2) is 36.4 Å². The summed E-state index contributed by atoms with van der Waals surface area (Å²) in [5, 5.41) is 2.57. The second-order valence-corrected chi connectivity index (χ2v) is 5.59. The Kier molecular flexibility index (Phi) is 6.70. The number of amides is 2. The summed E-state index contributed by atoms with van der Waals surface area (Å²) in [5.41, 5.74) is 0.566. The van der Waals surface area contributed by atoms with Gasteiger partial charge in [-0.25, -0.2) is 8.78 Å². The molecule has 8 heteroatoms. The summed E-state index contributed by atoms with van der Waals surface area (Å²) in [6, 6.07) is 7.91. The number of hydrogen-bond donors (Lipinski definition) is 1. The molecule has 0 atom stereocenters. The lowest BCUT2D eigenvalue weighted by molar-refractivity contribution is -0.116. The fraction of sp³-hybridized carbons (Fsp3) is 0.263. The van der Waals surface area contributed by atoms with E-state index in [-0.39, 0.29) is 24.6 Å². The Morgan fingerprint density at radius 2 is 1.70 bits per heavy atom. The standard InChI is InChI=1S/C19H20F2N2O4/c1-12(24)23(14-5-7-17(26-2)18(11-14)27-3)9-8-22-19(25)13-4-6-15(20)16(21)10-13/h4-7,10-11H,8-9H2,1-3H3,(H,22,25). The predicted octanol–water partition coefficient (Wildman–Crippen LogP) is 2.76. The topological polar surface area (TPSA) is 67.9 Å². The number of anilines is 1. The molecular formula is C19H20F2N2O4. The zero-order valence-electron chi connectivity index (χ0n) is 15.2. The summed E-state index contributed by atoms with van der Waals surface area (Å²) < 4.78 is 36.6. The number of carbonyl (C=O) groups is 2. The number of nitrogens with one attached hydrogen (secondary N) is 1. The summed E-state index contributed by atoms with van der Waals surface area (Å²) in [7, 11) is 3.00. The minimum absolute atomic E-state index is 0.00519. The summed E-state index contributed by atoms with van der Waals surface area (Å²) in [5.74, 6) is -1.93. The van der Waals surface area contributed by atoms with Crippen molar-refractivity contribution in [3.05, 3.63) is 53.6 Å². The van der Waals surface area contributed by atoms with Gasteiger partial charge >= 0.3 is 0 Å². The van der Waals surface area contributed by atoms with Crippen LogP contribution in [0.1, 0.15) is 17.3 Å². The highest BCUT2D eigenvalue weighted by Gasteiger charge is 2.15. The molecule has 0 saturated heterocycles. The zero-order chi connectivity index (χ0) is 20.0. The SMILES string of the molecule is COc1ccc(N(CCNC(=O)c2ccc(F)c(F)c2)C(C)=O)cc1OC. The quantitative estimate of drug-likeness (QED) is 0.805. The van der Waals surface area contributed by atoms with Gasteiger partial charge in [0, 0.05) is 37.3 Å². The lowest BCUT2D eigenvalue weighted by Crippen LogP contribution is -2.37. The number of rotatable bonds is 7. The summed E-state index contributed by atoms with van der Waals surface area (Å²) in [6.07, 6.45) is 0. The molecule has 27 heavy (non-hydrogen) atoms. The van der Waals surface area contributed by atoms with E-state index in [1.165, 1.54) is 32.1 Å². The molecule has 0 unspecified atom stereocenters. The van der Waals surface area contributed by atoms with Crippen molar-refractivity contribution in [2.45, 2.75) is 6.92 Å². The Morgan fingerprint density at radius 3 is 2.30 bits per heavy atom. The number of benzene rings is 2. The van der Waals surface area contributed by atoms with Gasteiger partial charge in [-0.15, -0.1) is 0 Å². The van der Waals surface area contributed by atoms with Gasteiger partial charge < -0.3 is 19.7 Å². The molecule has 0 heterocycles. The van der Waals surface area contributed by atoms with E-state index in [0.29, 0.717) is 17.2 Å². The van der Waals surface area contributed by atoms with E-state index in [2.05, 4.69) is 5.32 Å². The third-order valence-electron chi connectivity index (χ3n) is 3.86. The number of nitrogens with zero attached hydrogens (tertiary/aromatic N) is 1. The van der Waals surface area contributed by atoms with Gasteiger partial charge in [-0.3, -0.25) is 9.59 Å². The van der Waals surface area contributed by atoms with Gasteiger partial charge in [0.15, 0.2) is 23.1 Å². The van der Waals surface area contributed by atoms with E-state index in [1.807, 2.05) is 0 Å². The Morgan fingerprint density at radius 1 is 1.00 bits per heavy atom. The van der Waals surface area contributed by atoms with Gasteiger partial charge in [0.1, 0.15) is 0 Å². The van der Waals surface area contributed by atoms with Gasteiger partial charge in [-0.2, -0.15) is 0 Å². The second kappa shape index (κ2) is 8.98. The van der Waals surface area contributed by atoms with Crippen LogP contribution in [0.3, 0.4) is 0 Å². The highest BCUT2D eigenvalue weighted by Crippen LogP contribution is 2.31. The molecule has 1 N–H and O–H groups in total. The minimum Gasteiger partial charge on any atom is -0.493 e. The van der Waals surface area contributed by atoms with Crippen molar-refractivity contribution in [1.82, 2.24) is 5.32 Å². The molecule has 0 aromatic heterocycles. The molecule has 6 nitrogen and oxygen atoms in total. The normalized spacial score (nSPS) is 10.3. The highest BCUT2D eigenvalue weighted by molar-refractivity contribution is 5.94. The smallest absolute Gasteiger partial charge is 0.251 e. The van der Waals surface area contributed by atoms with Crippen molar-refractivity contribution in [2.75, 3.05) is 32.2 Å². The lowest BCUT2D eigenvalue weighted by Gasteiger charge is -2.22. The van der Waals surface area contributed by atoms with E-state index in [9.17, 15) is 18.4 Å². The maximum atomic E-state index is 13.2. The largest absolute Gasteiger partial charge is 0.493 e. The molecule has 2 amide bonds. The summed E-state index contributed by atoms with van der Waals surface area (Å²) >= 11 is 0. The Labute approximate surface area is 155 Å². The molecule has 0 aliphatic rings. The maximum Gasteiger partial charge on any atom is 0.251 e. The van der Waals surface area contributed by atoms with Crippen LogP contribution in [0.5, 0.6) is 11.5 Å². The molecule has 0 radical (unpaired) electrons. The monoisotopic (exact) mass is 378 g/mol. The predicted molar refractivity (Wildman–Crippen MR) is 96.3 cm³/mol. The van der Waals surface area contributed by atoms with Crippen LogP contribution in [0.2, 0.25) is 0 Å². The van der Waals surface area contributed by atoms with E-state index >= 15 is 0 Å². The maximum absolute atomic E-state index is 13.2. The Bertz CT molecular complexity index is 842. The molecule has 0 saturated carbocycles. The first-order chi connectivity index (χ1) is 12.9. The second-order valence-electron chi connectivity index (χ2n) is 5.59. The lowest BCUT2D eigenvalue weighted by atomic mass is 10.2. The fourth-order valence-electron chi connectivity index (χ4n) is 2.48. The molecule has 2 aromatic rings. The third-order valence-corrected chi connectivity index (χ3v) is 3.86. The summed E-state index contributed by atoms with van der Waals surface area (Å²) in [6.45, 7) is 1.69. The Balaban J connectivity index is 2.05. The van der Waals surface area contributed by atoms with Crippen molar-refractivity contribution in [3.8, 4) is 11.5 Å². The number of halogens is 2. The fourth-order valence-corrected chi connectivity index (χ4v) is 2.48. The van der Waals surface area contributed by atoms with Gasteiger partial charge in [-0.05, 0) is 30.3 Å². The van der Waals surface area contributed by atoms with Crippen LogP contribution in [-0.4, -0.2) is 39.1 Å². The molecule has 0 aliphatic heterocycles. The summed E-state index contributed by atoms with van der Waals surface area (Å²) in [4.78, 5) is 25.5. The van der Waals surface area contributed by atoms with Gasteiger partial charge in [0.2, 0.25) is 5.91 Å². The van der Waals surface area contributed by atoms with Crippen molar-refractivity contribution in [3.63, 3.8) is 0 Å². The van der Waals surface area contributed by atoms with Gasteiger partial charge in [-0.1, -0.05) is 0 Å². The van der Waals surface area contributed by atoms with Crippen LogP contribution in [0, 0.1) is 11.6 Å². The van der Waals surface area contributed by atoms with Gasteiger partial charge in [0.25, 0.3) is 5.91 Å². The molecule has 0 bridgehead atoms. The minimum atomic E-state index is -1.10. The van der Waals surface area contributed by atoms with Gasteiger partial charge in [0.05, 0.1) is 14.2 Å². The first-order valence-electron chi connectivity index (χ1n) is 8.10. The first kappa shape index (κ1) is 20.2. The molecule has 2 aromatic carbocycles. The van der Waals surface area contributed by atoms with Crippen molar-refractivity contribution < 1.29 is 27.8 Å². The molecule has 0 fully saturated rings.